The summed E-state index contributed by atoms with van der Waals surface area (Å²) < 4.78 is 5.59. The van der Waals surface area contributed by atoms with Crippen molar-refractivity contribution in [3.8, 4) is 0 Å². The van der Waals surface area contributed by atoms with Crippen LogP contribution in [0.15, 0.2) is 0 Å². The average molecular weight is 231 g/mol. The second-order valence-corrected chi connectivity index (χ2v) is 5.66. The van der Waals surface area contributed by atoms with Crippen LogP contribution in [0.2, 0.25) is 0 Å². The molecule has 0 bridgehead atoms. The first-order valence-corrected chi connectivity index (χ1v) is 7.41. The molecule has 2 unspecified atom stereocenters. The number of hydrogen-bond acceptors (Lipinski definition) is 3. The second-order valence-electron chi connectivity index (χ2n) is 4.26. The van der Waals surface area contributed by atoms with Gasteiger partial charge in [0.1, 0.15) is 0 Å². The van der Waals surface area contributed by atoms with E-state index in [4.69, 9.17) is 4.74 Å². The maximum Gasteiger partial charge on any atom is 0.0588 e. The number of thioether (sulfide) groups is 1. The van der Waals surface area contributed by atoms with Crippen molar-refractivity contribution in [1.29, 1.82) is 0 Å². The molecule has 90 valence electrons. The van der Waals surface area contributed by atoms with Gasteiger partial charge in [0.25, 0.3) is 0 Å². The Balaban J connectivity index is 1.89. The smallest absolute Gasteiger partial charge is 0.0588 e. The zero-order chi connectivity index (χ0) is 10.9. The van der Waals surface area contributed by atoms with E-state index in [1.54, 1.807) is 0 Å². The maximum absolute atomic E-state index is 5.59. The summed E-state index contributed by atoms with van der Waals surface area (Å²) in [6.45, 7) is 6.60. The minimum absolute atomic E-state index is 0.537. The number of rotatable bonds is 8. The highest BCUT2D eigenvalue weighted by Gasteiger charge is 2.14. The van der Waals surface area contributed by atoms with Gasteiger partial charge in [-0.25, -0.2) is 0 Å². The lowest BCUT2D eigenvalue weighted by molar-refractivity contribution is 0.103. The van der Waals surface area contributed by atoms with E-state index in [1.807, 2.05) is 11.8 Å². The molecule has 1 heterocycles. The molecule has 1 aliphatic rings. The van der Waals surface area contributed by atoms with E-state index in [-0.39, 0.29) is 0 Å². The van der Waals surface area contributed by atoms with Crippen molar-refractivity contribution >= 4 is 11.8 Å². The zero-order valence-corrected chi connectivity index (χ0v) is 10.9. The van der Waals surface area contributed by atoms with Crippen molar-refractivity contribution in [3.63, 3.8) is 0 Å². The first-order valence-electron chi connectivity index (χ1n) is 6.25. The minimum atomic E-state index is 0.537. The van der Waals surface area contributed by atoms with E-state index in [0.29, 0.717) is 12.1 Å². The van der Waals surface area contributed by atoms with Gasteiger partial charge < -0.3 is 10.1 Å². The Labute approximate surface area is 98.5 Å². The molecule has 1 fully saturated rings. The number of hydrogen-bond donors (Lipinski definition) is 1. The molecule has 1 rings (SSSR count). The summed E-state index contributed by atoms with van der Waals surface area (Å²) in [4.78, 5) is 0. The molecular weight excluding hydrogens is 206 g/mol. The van der Waals surface area contributed by atoms with Crippen LogP contribution in [-0.4, -0.2) is 36.8 Å². The molecule has 2 atom stereocenters. The average Bonchev–Trinajstić information content (AvgIpc) is 2.71. The molecule has 1 N–H and O–H groups in total. The molecule has 1 aliphatic heterocycles. The molecule has 0 aromatic rings. The van der Waals surface area contributed by atoms with E-state index in [1.165, 1.54) is 37.2 Å². The molecule has 0 amide bonds. The third-order valence-electron chi connectivity index (χ3n) is 2.88. The van der Waals surface area contributed by atoms with Gasteiger partial charge in [-0.15, -0.1) is 0 Å². The van der Waals surface area contributed by atoms with Gasteiger partial charge >= 0.3 is 0 Å². The fraction of sp³-hybridized carbons (Fsp3) is 1.00. The van der Waals surface area contributed by atoms with Gasteiger partial charge in [0, 0.05) is 12.6 Å². The van der Waals surface area contributed by atoms with Gasteiger partial charge in [-0.1, -0.05) is 6.92 Å². The fourth-order valence-corrected chi connectivity index (χ4v) is 2.68. The van der Waals surface area contributed by atoms with Crippen LogP contribution in [0.25, 0.3) is 0 Å². The summed E-state index contributed by atoms with van der Waals surface area (Å²) in [6, 6.07) is 0.658. The van der Waals surface area contributed by atoms with Crippen molar-refractivity contribution < 1.29 is 4.74 Å². The van der Waals surface area contributed by atoms with Crippen LogP contribution in [0.3, 0.4) is 0 Å². The van der Waals surface area contributed by atoms with Gasteiger partial charge in [-0.05, 0) is 50.7 Å². The van der Waals surface area contributed by atoms with Crippen molar-refractivity contribution in [2.24, 2.45) is 0 Å². The van der Waals surface area contributed by atoms with Crippen LogP contribution in [0, 0.1) is 0 Å². The summed E-state index contributed by atoms with van der Waals surface area (Å²) >= 11 is 2.03. The largest absolute Gasteiger partial charge is 0.378 e. The lowest BCUT2D eigenvalue weighted by Gasteiger charge is -2.15. The molecule has 3 heteroatoms. The number of nitrogens with one attached hydrogen (secondary N) is 1. The molecule has 1 saturated heterocycles. The molecule has 0 aromatic heterocycles. The fourth-order valence-electron chi connectivity index (χ4n) is 1.87. The Morgan fingerprint density at radius 1 is 1.53 bits per heavy atom. The Bertz CT molecular complexity index is 149. The van der Waals surface area contributed by atoms with Gasteiger partial charge in [0.05, 0.1) is 6.10 Å². The summed E-state index contributed by atoms with van der Waals surface area (Å²) in [6.07, 6.45) is 5.53. The maximum atomic E-state index is 5.59. The molecule has 0 aliphatic carbocycles. The highest BCUT2D eigenvalue weighted by atomic mass is 32.2. The zero-order valence-electron chi connectivity index (χ0n) is 10.1. The SMILES string of the molecule is CCSCCC(C)NCCC1CCCO1. The van der Waals surface area contributed by atoms with E-state index in [9.17, 15) is 0 Å². The summed E-state index contributed by atoms with van der Waals surface area (Å²) in [5, 5.41) is 3.58. The van der Waals surface area contributed by atoms with E-state index in [0.717, 1.165) is 13.2 Å². The topological polar surface area (TPSA) is 21.3 Å². The minimum Gasteiger partial charge on any atom is -0.378 e. The van der Waals surface area contributed by atoms with Crippen molar-refractivity contribution in [2.75, 3.05) is 24.7 Å². The molecule has 2 nitrogen and oxygen atoms in total. The van der Waals surface area contributed by atoms with Crippen LogP contribution in [0.4, 0.5) is 0 Å². The lowest BCUT2D eigenvalue weighted by atomic mass is 10.1. The van der Waals surface area contributed by atoms with Gasteiger partial charge in [0.15, 0.2) is 0 Å². The third kappa shape index (κ3) is 6.44. The van der Waals surface area contributed by atoms with E-state index < -0.39 is 0 Å². The van der Waals surface area contributed by atoms with Gasteiger partial charge in [-0.3, -0.25) is 0 Å². The van der Waals surface area contributed by atoms with Crippen LogP contribution < -0.4 is 5.32 Å². The van der Waals surface area contributed by atoms with Crippen LogP contribution in [-0.2, 0) is 4.74 Å². The molecule has 0 spiro atoms. The van der Waals surface area contributed by atoms with E-state index in [2.05, 4.69) is 19.2 Å². The summed E-state index contributed by atoms with van der Waals surface area (Å²) in [5.41, 5.74) is 0. The van der Waals surface area contributed by atoms with Gasteiger partial charge in [-0.2, -0.15) is 11.8 Å². The molecular formula is C12H25NOS. The predicted octanol–water partition coefficient (Wildman–Crippen LogP) is 2.68. The predicted molar refractivity (Wildman–Crippen MR) is 68.7 cm³/mol. The lowest BCUT2D eigenvalue weighted by Crippen LogP contribution is -2.29. The van der Waals surface area contributed by atoms with Crippen molar-refractivity contribution in [3.05, 3.63) is 0 Å². The molecule has 0 saturated carbocycles. The summed E-state index contributed by atoms with van der Waals surface area (Å²) in [5.74, 6) is 2.52. The van der Waals surface area contributed by atoms with Gasteiger partial charge in [0.2, 0.25) is 0 Å². The quantitative estimate of drug-likeness (QED) is 0.649. The normalized spacial score (nSPS) is 23.2. The first kappa shape index (κ1) is 13.3. The first-order chi connectivity index (χ1) is 7.33. The van der Waals surface area contributed by atoms with Crippen molar-refractivity contribution in [1.82, 2.24) is 5.32 Å². The summed E-state index contributed by atoms with van der Waals surface area (Å²) in [7, 11) is 0. The highest BCUT2D eigenvalue weighted by molar-refractivity contribution is 7.99. The Morgan fingerprint density at radius 2 is 2.40 bits per heavy atom. The van der Waals surface area contributed by atoms with E-state index >= 15 is 0 Å². The number of ether oxygens (including phenoxy) is 1. The third-order valence-corrected chi connectivity index (χ3v) is 3.82. The molecule has 0 radical (unpaired) electrons. The standard InChI is InChI=1S/C12H25NOS/c1-3-15-10-7-11(2)13-8-6-12-5-4-9-14-12/h11-13H,3-10H2,1-2H3. The Morgan fingerprint density at radius 3 is 3.07 bits per heavy atom. The van der Waals surface area contributed by atoms with Crippen LogP contribution in [0.5, 0.6) is 0 Å². The second kappa shape index (κ2) is 8.43. The van der Waals surface area contributed by atoms with Crippen LogP contribution in [0.1, 0.15) is 39.5 Å². The highest BCUT2D eigenvalue weighted by Crippen LogP contribution is 2.14. The Kier molecular flexibility index (Phi) is 7.49. The Hall–Kier alpha value is 0.270. The van der Waals surface area contributed by atoms with Crippen molar-refractivity contribution in [2.45, 2.75) is 51.7 Å². The molecule has 0 aromatic carbocycles. The molecule has 15 heavy (non-hydrogen) atoms. The monoisotopic (exact) mass is 231 g/mol. The van der Waals surface area contributed by atoms with Crippen LogP contribution >= 0.6 is 11.8 Å².